The van der Waals surface area contributed by atoms with Gasteiger partial charge in [-0.25, -0.2) is 0 Å². The molecule has 1 aromatic heterocycles. The zero-order valence-corrected chi connectivity index (χ0v) is 12.1. The van der Waals surface area contributed by atoms with E-state index in [4.69, 9.17) is 18.0 Å². The number of hydrogen-bond acceptors (Lipinski definition) is 3. The summed E-state index contributed by atoms with van der Waals surface area (Å²) in [6.45, 7) is 2.67. The Labute approximate surface area is 119 Å². The van der Waals surface area contributed by atoms with Crippen molar-refractivity contribution in [3.05, 3.63) is 30.1 Å². The Kier molecular flexibility index (Phi) is 3.85. The van der Waals surface area contributed by atoms with Crippen LogP contribution in [0.2, 0.25) is 0 Å². The van der Waals surface area contributed by atoms with E-state index in [0.29, 0.717) is 17.5 Å². The molecule has 2 rings (SSSR count). The summed E-state index contributed by atoms with van der Waals surface area (Å²) in [7, 11) is 1.80. The second kappa shape index (κ2) is 5.25. The average Bonchev–Trinajstić information content (AvgIpc) is 2.34. The largest absolute Gasteiger partial charge is 0.392 e. The highest BCUT2D eigenvalue weighted by molar-refractivity contribution is 7.80. The van der Waals surface area contributed by atoms with E-state index in [1.165, 1.54) is 0 Å². The van der Waals surface area contributed by atoms with Crippen molar-refractivity contribution < 1.29 is 4.79 Å². The average molecular weight is 277 g/mol. The first-order valence-corrected chi connectivity index (χ1v) is 6.81. The number of rotatable bonds is 4. The Morgan fingerprint density at radius 2 is 2.11 bits per heavy atom. The maximum Gasteiger partial charge on any atom is 0.235 e. The van der Waals surface area contributed by atoms with Crippen LogP contribution in [0.1, 0.15) is 25.3 Å². The van der Waals surface area contributed by atoms with Gasteiger partial charge >= 0.3 is 0 Å². The fourth-order valence-electron chi connectivity index (χ4n) is 2.81. The number of amides is 1. The molecule has 1 aliphatic rings. The zero-order valence-electron chi connectivity index (χ0n) is 11.3. The quantitative estimate of drug-likeness (QED) is 0.852. The third-order valence-electron chi connectivity index (χ3n) is 3.79. The third-order valence-corrected chi connectivity index (χ3v) is 4.18. The number of hydrogen-bond donors (Lipinski definition) is 1. The van der Waals surface area contributed by atoms with Crippen LogP contribution in [-0.2, 0) is 11.3 Å². The first kappa shape index (κ1) is 13.9. The number of nitrogens with zero attached hydrogens (tertiary/aromatic N) is 2. The van der Waals surface area contributed by atoms with Crippen molar-refractivity contribution >= 4 is 23.1 Å². The van der Waals surface area contributed by atoms with Gasteiger partial charge in [-0.1, -0.05) is 19.1 Å². The summed E-state index contributed by atoms with van der Waals surface area (Å²) in [5, 5.41) is 0. The summed E-state index contributed by atoms with van der Waals surface area (Å²) in [4.78, 5) is 18.6. The first-order valence-electron chi connectivity index (χ1n) is 6.40. The minimum atomic E-state index is -0.615. The van der Waals surface area contributed by atoms with E-state index in [2.05, 4.69) is 11.9 Å². The monoisotopic (exact) mass is 277 g/mol. The van der Waals surface area contributed by atoms with Crippen molar-refractivity contribution in [3.8, 4) is 0 Å². The van der Waals surface area contributed by atoms with Crippen LogP contribution in [0, 0.1) is 11.3 Å². The van der Waals surface area contributed by atoms with Gasteiger partial charge in [-0.2, -0.15) is 0 Å². The van der Waals surface area contributed by atoms with Gasteiger partial charge in [0.1, 0.15) is 0 Å². The van der Waals surface area contributed by atoms with Crippen LogP contribution in [0.15, 0.2) is 24.5 Å². The standard InChI is InChI=1S/C14H19N3OS/c1-10-7-14(8-10,12(15)19)13(18)17(2)9-11-3-5-16-6-4-11/h3-6,10H,7-9H2,1-2H3,(H2,15,19). The number of aromatic nitrogens is 1. The highest BCUT2D eigenvalue weighted by Gasteiger charge is 2.51. The van der Waals surface area contributed by atoms with Crippen LogP contribution in [-0.4, -0.2) is 27.8 Å². The molecule has 1 aromatic rings. The Bertz CT molecular complexity index is 483. The second-order valence-electron chi connectivity index (χ2n) is 5.48. The van der Waals surface area contributed by atoms with Gasteiger partial charge in [0.05, 0.1) is 10.4 Å². The topological polar surface area (TPSA) is 59.2 Å². The number of carbonyl (C=O) groups is 1. The molecule has 0 radical (unpaired) electrons. The van der Waals surface area contributed by atoms with Crippen molar-refractivity contribution in [2.75, 3.05) is 7.05 Å². The summed E-state index contributed by atoms with van der Waals surface area (Å²) < 4.78 is 0. The summed E-state index contributed by atoms with van der Waals surface area (Å²) in [6, 6.07) is 3.81. The summed E-state index contributed by atoms with van der Waals surface area (Å²) in [5.74, 6) is 0.551. The maximum atomic E-state index is 12.6. The second-order valence-corrected chi connectivity index (χ2v) is 5.92. The predicted octanol–water partition coefficient (Wildman–Crippen LogP) is 1.74. The summed E-state index contributed by atoms with van der Waals surface area (Å²) >= 11 is 5.11. The van der Waals surface area contributed by atoms with Crippen LogP contribution in [0.4, 0.5) is 0 Å². The number of pyridine rings is 1. The highest BCUT2D eigenvalue weighted by atomic mass is 32.1. The van der Waals surface area contributed by atoms with E-state index in [1.807, 2.05) is 12.1 Å². The van der Waals surface area contributed by atoms with Gasteiger partial charge < -0.3 is 10.6 Å². The van der Waals surface area contributed by atoms with Crippen LogP contribution in [0.5, 0.6) is 0 Å². The molecule has 1 heterocycles. The minimum absolute atomic E-state index is 0.0370. The molecular weight excluding hydrogens is 258 g/mol. The number of thiocarbonyl (C=S) groups is 1. The summed E-state index contributed by atoms with van der Waals surface area (Å²) in [5.41, 5.74) is 6.24. The van der Waals surface area contributed by atoms with E-state index in [0.717, 1.165) is 18.4 Å². The molecule has 1 saturated carbocycles. The Morgan fingerprint density at radius 1 is 1.53 bits per heavy atom. The fraction of sp³-hybridized carbons (Fsp3) is 0.500. The minimum Gasteiger partial charge on any atom is -0.392 e. The lowest BCUT2D eigenvalue weighted by Gasteiger charge is -2.46. The van der Waals surface area contributed by atoms with Gasteiger partial charge in [-0.15, -0.1) is 0 Å². The van der Waals surface area contributed by atoms with Gasteiger partial charge in [0.2, 0.25) is 5.91 Å². The van der Waals surface area contributed by atoms with Crippen LogP contribution >= 0.6 is 12.2 Å². The lowest BCUT2D eigenvalue weighted by molar-refractivity contribution is -0.143. The lowest BCUT2D eigenvalue weighted by Crippen LogP contribution is -2.56. The SMILES string of the molecule is CC1CC(C(=O)N(C)Cc2ccncc2)(C(N)=S)C1. The molecule has 102 valence electrons. The molecule has 0 atom stereocenters. The third kappa shape index (κ3) is 2.61. The van der Waals surface area contributed by atoms with Crippen molar-refractivity contribution in [2.24, 2.45) is 17.1 Å². The molecule has 2 N–H and O–H groups in total. The molecule has 0 saturated heterocycles. The number of nitrogens with two attached hydrogens (primary N) is 1. The van der Waals surface area contributed by atoms with E-state index in [9.17, 15) is 4.79 Å². The Morgan fingerprint density at radius 3 is 2.58 bits per heavy atom. The van der Waals surface area contributed by atoms with Crippen molar-refractivity contribution in [1.82, 2.24) is 9.88 Å². The predicted molar refractivity (Wildman–Crippen MR) is 78.3 cm³/mol. The zero-order chi connectivity index (χ0) is 14.0. The molecule has 0 unspecified atom stereocenters. The molecule has 19 heavy (non-hydrogen) atoms. The van der Waals surface area contributed by atoms with E-state index in [1.54, 1.807) is 24.3 Å². The van der Waals surface area contributed by atoms with Crippen molar-refractivity contribution in [1.29, 1.82) is 0 Å². The van der Waals surface area contributed by atoms with Crippen molar-refractivity contribution in [2.45, 2.75) is 26.3 Å². The van der Waals surface area contributed by atoms with E-state index < -0.39 is 5.41 Å². The molecule has 1 fully saturated rings. The molecular formula is C14H19N3OS. The molecule has 0 aromatic carbocycles. The van der Waals surface area contributed by atoms with Gasteiger partial charge in [-0.3, -0.25) is 9.78 Å². The van der Waals surface area contributed by atoms with Crippen LogP contribution in [0.3, 0.4) is 0 Å². The van der Waals surface area contributed by atoms with Gasteiger partial charge in [0, 0.05) is 26.0 Å². The lowest BCUT2D eigenvalue weighted by atomic mass is 9.61. The Balaban J connectivity index is 2.08. The summed E-state index contributed by atoms with van der Waals surface area (Å²) in [6.07, 6.45) is 4.98. The fourth-order valence-corrected chi connectivity index (χ4v) is 3.06. The Hall–Kier alpha value is -1.49. The molecule has 1 aliphatic carbocycles. The maximum absolute atomic E-state index is 12.6. The smallest absolute Gasteiger partial charge is 0.235 e. The van der Waals surface area contributed by atoms with Gasteiger partial charge in [-0.05, 0) is 36.5 Å². The van der Waals surface area contributed by atoms with Crippen LogP contribution < -0.4 is 5.73 Å². The van der Waals surface area contributed by atoms with Gasteiger partial charge in [0.25, 0.3) is 0 Å². The molecule has 5 heteroatoms. The van der Waals surface area contributed by atoms with E-state index in [-0.39, 0.29) is 5.91 Å². The molecule has 4 nitrogen and oxygen atoms in total. The van der Waals surface area contributed by atoms with Gasteiger partial charge in [0.15, 0.2) is 0 Å². The van der Waals surface area contributed by atoms with Crippen molar-refractivity contribution in [3.63, 3.8) is 0 Å². The first-order chi connectivity index (χ1) is 8.95. The normalized spacial score (nSPS) is 25.5. The molecule has 0 spiro atoms. The van der Waals surface area contributed by atoms with E-state index >= 15 is 0 Å². The molecule has 0 aliphatic heterocycles. The molecule has 1 amide bonds. The number of carbonyl (C=O) groups excluding carboxylic acids is 1. The molecule has 0 bridgehead atoms. The highest BCUT2D eigenvalue weighted by Crippen LogP contribution is 2.47. The van der Waals surface area contributed by atoms with Crippen LogP contribution in [0.25, 0.3) is 0 Å².